The van der Waals surface area contributed by atoms with E-state index in [1.54, 1.807) is 0 Å². The largest absolute Gasteiger partial charge is 2.00 e. The van der Waals surface area contributed by atoms with Gasteiger partial charge in [0.1, 0.15) is 0 Å². The Morgan fingerprint density at radius 1 is 1.14 bits per heavy atom. The van der Waals surface area contributed by atoms with Crippen molar-refractivity contribution in [3.05, 3.63) is 0 Å². The maximum absolute atomic E-state index is 8.91. The third kappa shape index (κ3) is 92.6. The van der Waals surface area contributed by atoms with Gasteiger partial charge in [-0.05, 0) is 0 Å². The summed E-state index contributed by atoms with van der Waals surface area (Å²) in [5.41, 5.74) is 0. The average molecular weight is 171 g/mol. The molecule has 0 bridgehead atoms. The van der Waals surface area contributed by atoms with Crippen LogP contribution in [0.4, 0.5) is 0 Å². The van der Waals surface area contributed by atoms with Crippen molar-refractivity contribution in [2.45, 2.75) is 0 Å². The molecule has 0 heterocycles. The first-order valence-corrected chi connectivity index (χ1v) is 2.62. The minimum absolute atomic E-state index is 0. The summed E-state index contributed by atoms with van der Waals surface area (Å²) < 4.78 is 0. The quantitative estimate of drug-likeness (QED) is 0.316. The van der Waals surface area contributed by atoms with Crippen molar-refractivity contribution >= 4 is 46.8 Å². The van der Waals surface area contributed by atoms with Gasteiger partial charge in [0.15, 0.2) is 0 Å². The predicted octanol–water partition coefficient (Wildman–Crippen LogP) is -6.62. The van der Waals surface area contributed by atoms with Crippen LogP contribution < -0.4 is 17.2 Å². The van der Waals surface area contributed by atoms with Crippen molar-refractivity contribution in [2.75, 3.05) is 0 Å². The first-order valence-electron chi connectivity index (χ1n) is 0.875. The van der Waals surface area contributed by atoms with Gasteiger partial charge in [-0.2, -0.15) is 0 Å². The molecule has 0 fully saturated rings. The van der Waals surface area contributed by atoms with Gasteiger partial charge in [-0.25, -0.2) is 0 Å². The second-order valence-electron chi connectivity index (χ2n) is 0.574. The molecule has 0 aromatic rings. The van der Waals surface area contributed by atoms with Gasteiger partial charge in [0.2, 0.25) is 0 Å². The van der Waals surface area contributed by atoms with Crippen LogP contribution >= 0.6 is 0 Å². The third-order valence-corrected chi connectivity index (χ3v) is 0. The van der Waals surface area contributed by atoms with Crippen LogP contribution in [0.15, 0.2) is 0 Å². The van der Waals surface area contributed by atoms with Gasteiger partial charge in [0, 0.05) is 0 Å². The van der Waals surface area contributed by atoms with E-state index in [-0.39, 0.29) is 50.1 Å². The Labute approximate surface area is 77.7 Å². The Morgan fingerprint density at radius 2 is 1.14 bits per heavy atom. The number of halogens is 1. The molecule has 0 rings (SSSR count). The minimum Gasteiger partial charge on any atom is -1.00 e. The average Bonchev–Trinajstić information content (AvgIpc) is 0.722. The van der Waals surface area contributed by atoms with E-state index in [0.717, 1.165) is 0 Å². The summed E-state index contributed by atoms with van der Waals surface area (Å²) in [5.74, 6) is 0. The molecule has 0 aromatic heterocycles. The van der Waals surface area contributed by atoms with Crippen LogP contribution in [-0.2, 0) is 0 Å². The summed E-state index contributed by atoms with van der Waals surface area (Å²) in [6.45, 7) is 0. The molecule has 0 atom stereocenters. The Balaban J connectivity index is -0.0000000800. The van der Waals surface area contributed by atoms with Gasteiger partial charge >= 0.3 is 46.8 Å². The first-order chi connectivity index (χ1) is 2.00. The van der Waals surface area contributed by atoms with E-state index in [4.69, 9.17) is 19.2 Å². The SMILES string of the molecule is [Ca+2].[Cl-].[O-][Si](O)(O)O. The van der Waals surface area contributed by atoms with Crippen molar-refractivity contribution in [3.63, 3.8) is 0 Å². The zero-order valence-electron chi connectivity index (χ0n) is 3.33. The van der Waals surface area contributed by atoms with Crippen LogP contribution in [-0.4, -0.2) is 61.2 Å². The Kier molecular flexibility index (Phi) is 13.0. The maximum atomic E-state index is 8.91. The van der Waals surface area contributed by atoms with E-state index in [1.807, 2.05) is 0 Å². The molecular weight excluding hydrogens is 168 g/mol. The topological polar surface area (TPSA) is 83.8 Å². The summed E-state index contributed by atoms with van der Waals surface area (Å²) in [6.07, 6.45) is 0. The second-order valence-corrected chi connectivity index (χ2v) is 1.72. The van der Waals surface area contributed by atoms with Gasteiger partial charge in [-0.3, -0.25) is 0 Å². The van der Waals surface area contributed by atoms with E-state index < -0.39 is 9.05 Å². The Bertz CT molecular complexity index is 27.2. The van der Waals surface area contributed by atoms with Crippen LogP contribution in [0.3, 0.4) is 0 Å². The molecule has 0 aromatic carbocycles. The van der Waals surface area contributed by atoms with E-state index in [9.17, 15) is 0 Å². The molecule has 4 nitrogen and oxygen atoms in total. The monoisotopic (exact) mass is 170 g/mol. The Morgan fingerprint density at radius 3 is 1.14 bits per heavy atom. The standard InChI is InChI=1S/Ca.ClH.H3O4Si/c;;1-5(2,3)4/h;1H;1-3H/q+2;;-1/p-1. The van der Waals surface area contributed by atoms with Gasteiger partial charge in [0.05, 0.1) is 0 Å². The molecule has 0 aliphatic rings. The van der Waals surface area contributed by atoms with E-state index in [0.29, 0.717) is 0 Å². The summed E-state index contributed by atoms with van der Waals surface area (Å²) >= 11 is 0. The van der Waals surface area contributed by atoms with Crippen molar-refractivity contribution < 1.29 is 31.6 Å². The Hall–Kier alpha value is 1.61. The zero-order valence-corrected chi connectivity index (χ0v) is 7.30. The molecule has 3 N–H and O–H groups in total. The fourth-order valence-corrected chi connectivity index (χ4v) is 0. The van der Waals surface area contributed by atoms with Crippen LogP contribution in [0.2, 0.25) is 0 Å². The summed E-state index contributed by atoms with van der Waals surface area (Å²) in [4.78, 5) is 30.6. The van der Waals surface area contributed by atoms with Crippen LogP contribution in [0.1, 0.15) is 0 Å². The van der Waals surface area contributed by atoms with Crippen LogP contribution in [0.25, 0.3) is 0 Å². The molecule has 40 valence electrons. The first kappa shape index (κ1) is 15.8. The molecule has 7 heavy (non-hydrogen) atoms. The third-order valence-electron chi connectivity index (χ3n) is 0. The van der Waals surface area contributed by atoms with Gasteiger partial charge in [-0.15, -0.1) is 0 Å². The summed E-state index contributed by atoms with van der Waals surface area (Å²) in [5, 5.41) is 0. The molecule has 0 amide bonds. The van der Waals surface area contributed by atoms with Crippen molar-refractivity contribution in [1.82, 2.24) is 0 Å². The van der Waals surface area contributed by atoms with Crippen molar-refractivity contribution in [2.24, 2.45) is 0 Å². The fraction of sp³-hybridized carbons (Fsp3) is 0. The summed E-state index contributed by atoms with van der Waals surface area (Å²) in [6, 6.07) is 0. The molecule has 0 unspecified atom stereocenters. The molecule has 0 aliphatic heterocycles. The fourth-order valence-electron chi connectivity index (χ4n) is 0. The van der Waals surface area contributed by atoms with Crippen molar-refractivity contribution in [3.8, 4) is 0 Å². The second kappa shape index (κ2) is 5.74. The molecule has 0 saturated heterocycles. The van der Waals surface area contributed by atoms with Crippen molar-refractivity contribution in [1.29, 1.82) is 0 Å². The zero-order chi connectivity index (χ0) is 4.50. The summed E-state index contributed by atoms with van der Waals surface area (Å²) in [7, 11) is -4.86. The smallest absolute Gasteiger partial charge is 1.00 e. The van der Waals surface area contributed by atoms with Gasteiger partial charge in [0.25, 0.3) is 0 Å². The molecule has 0 aliphatic carbocycles. The molecule has 0 spiro atoms. The van der Waals surface area contributed by atoms with E-state index >= 15 is 0 Å². The maximum Gasteiger partial charge on any atom is 2.00 e. The van der Waals surface area contributed by atoms with E-state index in [1.165, 1.54) is 0 Å². The molecular formula is H3CaClO4Si. The normalized spacial score (nSPS) is 8.57. The number of rotatable bonds is 0. The molecule has 0 radical (unpaired) electrons. The number of hydrogen-bond acceptors (Lipinski definition) is 4. The molecule has 0 saturated carbocycles. The van der Waals surface area contributed by atoms with Gasteiger partial charge < -0.3 is 31.6 Å². The van der Waals surface area contributed by atoms with Crippen LogP contribution in [0.5, 0.6) is 0 Å². The van der Waals surface area contributed by atoms with Crippen LogP contribution in [0, 0.1) is 0 Å². The van der Waals surface area contributed by atoms with E-state index in [2.05, 4.69) is 0 Å². The van der Waals surface area contributed by atoms with Gasteiger partial charge in [-0.1, -0.05) is 0 Å². The molecule has 7 heteroatoms. The predicted molar refractivity (Wildman–Crippen MR) is 18.2 cm³/mol. The number of hydrogen-bond donors (Lipinski definition) is 3. The minimum atomic E-state index is -4.86.